The summed E-state index contributed by atoms with van der Waals surface area (Å²) in [6.45, 7) is 3.57. The van der Waals surface area contributed by atoms with Crippen LogP contribution in [0.5, 0.6) is 0 Å². The molecule has 0 amide bonds. The Kier molecular flexibility index (Phi) is 4.92. The van der Waals surface area contributed by atoms with Crippen LogP contribution in [0.2, 0.25) is 0 Å². The molecule has 5 nitrogen and oxygen atoms in total. The molecule has 0 saturated carbocycles. The van der Waals surface area contributed by atoms with Gasteiger partial charge in [0.15, 0.2) is 0 Å². The third-order valence-electron chi connectivity index (χ3n) is 3.67. The lowest BCUT2D eigenvalue weighted by atomic mass is 10.2. The molecule has 0 bridgehead atoms. The van der Waals surface area contributed by atoms with Crippen molar-refractivity contribution in [2.45, 2.75) is 4.90 Å². The molecule has 1 N–H and O–H groups in total. The second-order valence-corrected chi connectivity index (χ2v) is 8.16. The first-order chi connectivity index (χ1) is 12.4. The lowest BCUT2D eigenvalue weighted by Gasteiger charge is -2.19. The maximum absolute atomic E-state index is 13.0. The summed E-state index contributed by atoms with van der Waals surface area (Å²) in [5.74, 6) is -1.19. The Morgan fingerprint density at radius 2 is 1.62 bits per heavy atom. The number of anilines is 1. The predicted molar refractivity (Wildman–Crippen MR) is 103 cm³/mol. The number of carboxylic acids is 1. The van der Waals surface area contributed by atoms with Crippen LogP contribution < -0.4 is 4.31 Å². The van der Waals surface area contributed by atoms with E-state index in [4.69, 9.17) is 0 Å². The molecule has 0 aliphatic carbocycles. The van der Waals surface area contributed by atoms with E-state index in [1.807, 2.05) is 30.3 Å². The molecule has 132 valence electrons. The lowest BCUT2D eigenvalue weighted by molar-refractivity contribution is 0.0703. The van der Waals surface area contributed by atoms with Crippen molar-refractivity contribution < 1.29 is 18.3 Å². The summed E-state index contributed by atoms with van der Waals surface area (Å²) in [7, 11) is -3.97. The summed E-state index contributed by atoms with van der Waals surface area (Å²) >= 11 is 1.02. The molecule has 0 aliphatic rings. The van der Waals surface area contributed by atoms with Gasteiger partial charge >= 0.3 is 5.97 Å². The van der Waals surface area contributed by atoms with E-state index >= 15 is 0 Å². The first kappa shape index (κ1) is 17.9. The van der Waals surface area contributed by atoms with Gasteiger partial charge in [0.25, 0.3) is 10.0 Å². The standard InChI is InChI=1S/C19H15NO4S2/c1-2-20(26(23,24)15-11-7-4-8-12-15)16-13-17(25-18(16)19(21)22)14-9-5-3-6-10-14/h2-13H,1H2,(H,21,22). The van der Waals surface area contributed by atoms with Crippen LogP contribution in [0.1, 0.15) is 9.67 Å². The van der Waals surface area contributed by atoms with E-state index in [1.54, 1.807) is 24.3 Å². The van der Waals surface area contributed by atoms with E-state index in [9.17, 15) is 18.3 Å². The van der Waals surface area contributed by atoms with Crippen molar-refractivity contribution in [3.8, 4) is 10.4 Å². The Bertz CT molecular complexity index is 1040. The number of thiophene rings is 1. The highest BCUT2D eigenvalue weighted by molar-refractivity contribution is 7.93. The molecule has 0 radical (unpaired) electrons. The number of benzene rings is 2. The quantitative estimate of drug-likeness (QED) is 0.680. The highest BCUT2D eigenvalue weighted by Gasteiger charge is 2.28. The van der Waals surface area contributed by atoms with Crippen LogP contribution in [0.15, 0.2) is 84.4 Å². The van der Waals surface area contributed by atoms with Gasteiger partial charge in [-0.05, 0) is 23.8 Å². The fraction of sp³-hybridized carbons (Fsp3) is 0. The molecular weight excluding hydrogens is 370 g/mol. The lowest BCUT2D eigenvalue weighted by Crippen LogP contribution is -2.26. The van der Waals surface area contributed by atoms with Gasteiger partial charge in [-0.3, -0.25) is 0 Å². The minimum atomic E-state index is -3.97. The van der Waals surface area contributed by atoms with E-state index in [-0.39, 0.29) is 15.5 Å². The van der Waals surface area contributed by atoms with Crippen LogP contribution in [0.4, 0.5) is 5.69 Å². The largest absolute Gasteiger partial charge is 0.477 e. The maximum Gasteiger partial charge on any atom is 0.348 e. The number of rotatable bonds is 6. The second-order valence-electron chi connectivity index (χ2n) is 5.29. The highest BCUT2D eigenvalue weighted by atomic mass is 32.2. The van der Waals surface area contributed by atoms with Crippen molar-refractivity contribution in [2.75, 3.05) is 4.31 Å². The Hall–Kier alpha value is -2.90. The molecule has 3 rings (SSSR count). The average Bonchev–Trinajstić information content (AvgIpc) is 3.09. The zero-order valence-electron chi connectivity index (χ0n) is 13.6. The summed E-state index contributed by atoms with van der Waals surface area (Å²) in [6, 6.07) is 18.6. The van der Waals surface area contributed by atoms with Gasteiger partial charge in [0.1, 0.15) is 4.88 Å². The number of nitrogens with zero attached hydrogens (tertiary/aromatic N) is 1. The zero-order chi connectivity index (χ0) is 18.7. The number of hydrogen-bond donors (Lipinski definition) is 1. The number of carbonyl (C=O) groups is 1. The Balaban J connectivity index is 2.16. The molecule has 1 heterocycles. The van der Waals surface area contributed by atoms with E-state index in [0.29, 0.717) is 4.88 Å². The SMILES string of the molecule is C=CN(c1cc(-c2ccccc2)sc1C(=O)O)S(=O)(=O)c1ccccc1. The molecule has 7 heteroatoms. The number of aromatic carboxylic acids is 1. The van der Waals surface area contributed by atoms with Crippen LogP contribution in [0.3, 0.4) is 0 Å². The number of hydrogen-bond acceptors (Lipinski definition) is 4. The first-order valence-corrected chi connectivity index (χ1v) is 9.85. The first-order valence-electron chi connectivity index (χ1n) is 7.59. The molecule has 3 aromatic rings. The summed E-state index contributed by atoms with van der Waals surface area (Å²) in [4.78, 5) is 12.4. The fourth-order valence-corrected chi connectivity index (χ4v) is 4.85. The Morgan fingerprint density at radius 3 is 2.15 bits per heavy atom. The van der Waals surface area contributed by atoms with Crippen LogP contribution in [0, 0.1) is 0 Å². The molecule has 1 aromatic heterocycles. The minimum Gasteiger partial charge on any atom is -0.477 e. The normalized spacial score (nSPS) is 11.1. The van der Waals surface area contributed by atoms with Gasteiger partial charge in [0.05, 0.1) is 10.6 Å². The highest BCUT2D eigenvalue weighted by Crippen LogP contribution is 2.39. The smallest absolute Gasteiger partial charge is 0.348 e. The monoisotopic (exact) mass is 385 g/mol. The van der Waals surface area contributed by atoms with Gasteiger partial charge in [-0.1, -0.05) is 55.1 Å². The van der Waals surface area contributed by atoms with Crippen molar-refractivity contribution in [2.24, 2.45) is 0 Å². The molecule has 0 atom stereocenters. The third kappa shape index (κ3) is 3.26. The van der Waals surface area contributed by atoms with Gasteiger partial charge in [0.2, 0.25) is 0 Å². The van der Waals surface area contributed by atoms with Crippen LogP contribution in [-0.4, -0.2) is 19.5 Å². The molecule has 0 spiro atoms. The number of sulfonamides is 1. The average molecular weight is 385 g/mol. The Morgan fingerprint density at radius 1 is 1.04 bits per heavy atom. The minimum absolute atomic E-state index is 0.0590. The fourth-order valence-electron chi connectivity index (χ4n) is 2.47. The Labute approximate surface area is 155 Å². The molecule has 0 aliphatic heterocycles. The summed E-state index contributed by atoms with van der Waals surface area (Å²) < 4.78 is 26.8. The summed E-state index contributed by atoms with van der Waals surface area (Å²) in [5.41, 5.74) is 0.882. The molecule has 0 unspecified atom stereocenters. The van der Waals surface area contributed by atoms with E-state index in [1.165, 1.54) is 12.1 Å². The summed E-state index contributed by atoms with van der Waals surface area (Å²) in [6.07, 6.45) is 1.12. The number of carboxylic acid groups (broad SMARTS) is 1. The van der Waals surface area contributed by atoms with Gasteiger partial charge in [-0.15, -0.1) is 11.3 Å². The van der Waals surface area contributed by atoms with Crippen molar-refractivity contribution in [3.63, 3.8) is 0 Å². The molecular formula is C19H15NO4S2. The molecule has 26 heavy (non-hydrogen) atoms. The van der Waals surface area contributed by atoms with Crippen LogP contribution in [-0.2, 0) is 10.0 Å². The second kappa shape index (κ2) is 7.15. The zero-order valence-corrected chi connectivity index (χ0v) is 15.2. The van der Waals surface area contributed by atoms with Gasteiger partial charge in [-0.25, -0.2) is 17.5 Å². The summed E-state index contributed by atoms with van der Waals surface area (Å²) in [5, 5.41) is 9.56. The van der Waals surface area contributed by atoms with E-state index in [2.05, 4.69) is 6.58 Å². The maximum atomic E-state index is 13.0. The van der Waals surface area contributed by atoms with E-state index in [0.717, 1.165) is 27.4 Å². The predicted octanol–water partition coefficient (Wildman–Crippen LogP) is 4.45. The van der Waals surface area contributed by atoms with Crippen molar-refractivity contribution in [1.82, 2.24) is 0 Å². The molecule has 0 saturated heterocycles. The van der Waals surface area contributed by atoms with Gasteiger partial charge in [-0.2, -0.15) is 0 Å². The van der Waals surface area contributed by atoms with E-state index < -0.39 is 16.0 Å². The topological polar surface area (TPSA) is 74.7 Å². The van der Waals surface area contributed by atoms with Crippen molar-refractivity contribution in [1.29, 1.82) is 0 Å². The van der Waals surface area contributed by atoms with Crippen LogP contribution in [0.25, 0.3) is 10.4 Å². The van der Waals surface area contributed by atoms with Gasteiger partial charge < -0.3 is 5.11 Å². The molecule has 2 aromatic carbocycles. The van der Waals surface area contributed by atoms with Crippen molar-refractivity contribution >= 4 is 33.0 Å². The van der Waals surface area contributed by atoms with Gasteiger partial charge in [0, 0.05) is 11.1 Å². The van der Waals surface area contributed by atoms with Crippen LogP contribution >= 0.6 is 11.3 Å². The molecule has 0 fully saturated rings. The van der Waals surface area contributed by atoms with Crippen molar-refractivity contribution in [3.05, 3.63) is 84.4 Å². The third-order valence-corrected chi connectivity index (χ3v) is 6.56.